The third kappa shape index (κ3) is 5.53. The van der Waals surface area contributed by atoms with E-state index < -0.39 is 17.8 Å². The van der Waals surface area contributed by atoms with E-state index in [0.29, 0.717) is 24.7 Å². The summed E-state index contributed by atoms with van der Waals surface area (Å²) in [6, 6.07) is 15.9. The van der Waals surface area contributed by atoms with Crippen molar-refractivity contribution in [3.8, 4) is 0 Å². The van der Waals surface area contributed by atoms with Gasteiger partial charge in [0.2, 0.25) is 0 Å². The fourth-order valence-electron chi connectivity index (χ4n) is 4.61. The third-order valence-electron chi connectivity index (χ3n) is 6.40. The molecule has 0 saturated carbocycles. The van der Waals surface area contributed by atoms with Crippen LogP contribution in [0.2, 0.25) is 0 Å². The van der Waals surface area contributed by atoms with Crippen molar-refractivity contribution in [3.05, 3.63) is 59.7 Å². The van der Waals surface area contributed by atoms with E-state index in [4.69, 9.17) is 4.74 Å². The zero-order valence-electron chi connectivity index (χ0n) is 19.1. The molecule has 0 atom stereocenters. The summed E-state index contributed by atoms with van der Waals surface area (Å²) in [4.78, 5) is 41.5. The van der Waals surface area contributed by atoms with Crippen LogP contribution in [0.3, 0.4) is 0 Å². The van der Waals surface area contributed by atoms with Gasteiger partial charge in [-0.3, -0.25) is 19.3 Å². The van der Waals surface area contributed by atoms with Crippen molar-refractivity contribution in [3.63, 3.8) is 0 Å². The largest absolute Gasteiger partial charge is 0.465 e. The molecule has 2 amide bonds. The molecular formula is C26H31N3O4. The highest BCUT2D eigenvalue weighted by Crippen LogP contribution is 2.28. The highest BCUT2D eigenvalue weighted by molar-refractivity contribution is 6.40. The standard InChI is InChI=1S/C26H31N3O4/c1-2-33-24(30)18-29(22-8-9-23-21(17-22)10-13-27-23)26(32)25(31)28-14-11-20(12-15-28)16-19-6-4-3-5-7-19/h3-9,17,20,27H,2,10-16,18H2,1H3. The van der Waals surface area contributed by atoms with Gasteiger partial charge in [0.1, 0.15) is 6.54 Å². The molecule has 2 aliphatic heterocycles. The number of benzene rings is 2. The zero-order valence-corrected chi connectivity index (χ0v) is 19.1. The Hall–Kier alpha value is -3.35. The summed E-state index contributed by atoms with van der Waals surface area (Å²) in [5, 5.41) is 3.28. The lowest BCUT2D eigenvalue weighted by Gasteiger charge is -2.33. The van der Waals surface area contributed by atoms with Crippen LogP contribution in [0, 0.1) is 5.92 Å². The van der Waals surface area contributed by atoms with Crippen molar-refractivity contribution in [2.75, 3.05) is 43.0 Å². The fraction of sp³-hybridized carbons (Fsp3) is 0.423. The molecule has 2 aromatic carbocycles. The first-order chi connectivity index (χ1) is 16.0. The van der Waals surface area contributed by atoms with E-state index in [-0.39, 0.29) is 13.2 Å². The van der Waals surface area contributed by atoms with Gasteiger partial charge in [0.05, 0.1) is 6.61 Å². The first kappa shape index (κ1) is 22.8. The summed E-state index contributed by atoms with van der Waals surface area (Å²) in [6.07, 6.45) is 3.54. The molecule has 1 N–H and O–H groups in total. The molecule has 0 unspecified atom stereocenters. The van der Waals surface area contributed by atoms with Gasteiger partial charge in [0.15, 0.2) is 0 Å². The molecular weight excluding hydrogens is 418 g/mol. The molecule has 0 spiro atoms. The molecule has 1 saturated heterocycles. The SMILES string of the molecule is CCOC(=O)CN(C(=O)C(=O)N1CCC(Cc2ccccc2)CC1)c1ccc2c(c1)CCN2. The van der Waals surface area contributed by atoms with Crippen LogP contribution >= 0.6 is 0 Å². The molecule has 1 fully saturated rings. The summed E-state index contributed by atoms with van der Waals surface area (Å²) in [7, 11) is 0. The maximum Gasteiger partial charge on any atom is 0.326 e. The predicted octanol–water partition coefficient (Wildman–Crippen LogP) is 3.03. The predicted molar refractivity (Wildman–Crippen MR) is 127 cm³/mol. The van der Waals surface area contributed by atoms with Gasteiger partial charge < -0.3 is 15.0 Å². The Morgan fingerprint density at radius 3 is 2.58 bits per heavy atom. The van der Waals surface area contributed by atoms with Gasteiger partial charge in [-0.2, -0.15) is 0 Å². The van der Waals surface area contributed by atoms with Crippen LogP contribution in [-0.2, 0) is 32.0 Å². The number of piperidine rings is 1. The first-order valence-electron chi connectivity index (χ1n) is 11.7. The molecule has 7 heteroatoms. The van der Waals surface area contributed by atoms with Crippen LogP contribution in [0.4, 0.5) is 11.4 Å². The summed E-state index contributed by atoms with van der Waals surface area (Å²) in [5.74, 6) is -1.28. The van der Waals surface area contributed by atoms with E-state index in [9.17, 15) is 14.4 Å². The Morgan fingerprint density at radius 1 is 1.09 bits per heavy atom. The number of fused-ring (bicyclic) bond motifs is 1. The Kier molecular flexibility index (Phi) is 7.27. The number of esters is 1. The number of nitrogens with zero attached hydrogens (tertiary/aromatic N) is 2. The molecule has 33 heavy (non-hydrogen) atoms. The molecule has 2 aromatic rings. The van der Waals surface area contributed by atoms with Gasteiger partial charge >= 0.3 is 17.8 Å². The number of hydrogen-bond donors (Lipinski definition) is 1. The van der Waals surface area contributed by atoms with Crippen molar-refractivity contribution in [2.45, 2.75) is 32.6 Å². The van der Waals surface area contributed by atoms with E-state index in [0.717, 1.165) is 43.5 Å². The number of carbonyl (C=O) groups is 3. The molecule has 0 radical (unpaired) electrons. The average Bonchev–Trinajstić information content (AvgIpc) is 3.31. The van der Waals surface area contributed by atoms with E-state index in [1.807, 2.05) is 30.3 Å². The van der Waals surface area contributed by atoms with Crippen LogP contribution in [0.1, 0.15) is 30.9 Å². The van der Waals surface area contributed by atoms with E-state index in [1.54, 1.807) is 17.9 Å². The molecule has 4 rings (SSSR count). The second-order valence-corrected chi connectivity index (χ2v) is 8.64. The summed E-state index contributed by atoms with van der Waals surface area (Å²) in [6.45, 7) is 3.58. The lowest BCUT2D eigenvalue weighted by Crippen LogP contribution is -2.49. The molecule has 2 aliphatic rings. The normalized spacial score (nSPS) is 15.5. The van der Waals surface area contributed by atoms with Crippen molar-refractivity contribution in [1.29, 1.82) is 0 Å². The van der Waals surface area contributed by atoms with Gasteiger partial charge in [-0.15, -0.1) is 0 Å². The number of carbonyl (C=O) groups excluding carboxylic acids is 3. The van der Waals surface area contributed by atoms with Gasteiger partial charge in [0, 0.05) is 31.0 Å². The number of ether oxygens (including phenoxy) is 1. The van der Waals surface area contributed by atoms with Crippen molar-refractivity contribution in [1.82, 2.24) is 4.90 Å². The minimum absolute atomic E-state index is 0.220. The van der Waals surface area contributed by atoms with Gasteiger partial charge in [0.25, 0.3) is 0 Å². The minimum Gasteiger partial charge on any atom is -0.465 e. The van der Waals surface area contributed by atoms with E-state index >= 15 is 0 Å². The summed E-state index contributed by atoms with van der Waals surface area (Å²) >= 11 is 0. The van der Waals surface area contributed by atoms with Crippen LogP contribution in [-0.4, -0.2) is 55.5 Å². The number of anilines is 2. The third-order valence-corrected chi connectivity index (χ3v) is 6.40. The van der Waals surface area contributed by atoms with Crippen LogP contribution < -0.4 is 10.2 Å². The topological polar surface area (TPSA) is 79.0 Å². The fourth-order valence-corrected chi connectivity index (χ4v) is 4.61. The molecule has 2 heterocycles. The van der Waals surface area contributed by atoms with Crippen LogP contribution in [0.15, 0.2) is 48.5 Å². The van der Waals surface area contributed by atoms with E-state index in [1.165, 1.54) is 10.5 Å². The second-order valence-electron chi connectivity index (χ2n) is 8.64. The smallest absolute Gasteiger partial charge is 0.326 e. The highest BCUT2D eigenvalue weighted by atomic mass is 16.5. The van der Waals surface area contributed by atoms with Gasteiger partial charge in [-0.1, -0.05) is 30.3 Å². The van der Waals surface area contributed by atoms with Crippen LogP contribution in [0.25, 0.3) is 0 Å². The van der Waals surface area contributed by atoms with E-state index in [2.05, 4.69) is 17.4 Å². The van der Waals surface area contributed by atoms with Crippen molar-refractivity contribution >= 4 is 29.2 Å². The first-order valence-corrected chi connectivity index (χ1v) is 11.7. The number of rotatable bonds is 6. The molecule has 0 bridgehead atoms. The van der Waals surface area contributed by atoms with Crippen LogP contribution in [0.5, 0.6) is 0 Å². The minimum atomic E-state index is -0.685. The van der Waals surface area contributed by atoms with Gasteiger partial charge in [-0.05, 0) is 67.9 Å². The quantitative estimate of drug-likeness (QED) is 0.542. The maximum atomic E-state index is 13.3. The monoisotopic (exact) mass is 449 g/mol. The Bertz CT molecular complexity index is 1000. The lowest BCUT2D eigenvalue weighted by molar-refractivity contribution is -0.147. The van der Waals surface area contributed by atoms with Crippen molar-refractivity contribution in [2.24, 2.45) is 5.92 Å². The zero-order chi connectivity index (χ0) is 23.2. The number of nitrogens with one attached hydrogen (secondary N) is 1. The lowest BCUT2D eigenvalue weighted by atomic mass is 9.90. The average molecular weight is 450 g/mol. The summed E-state index contributed by atoms with van der Waals surface area (Å²) in [5.41, 5.74) is 3.94. The Labute approximate surface area is 194 Å². The number of amides is 2. The molecule has 0 aliphatic carbocycles. The molecule has 0 aromatic heterocycles. The molecule has 7 nitrogen and oxygen atoms in total. The second kappa shape index (κ2) is 10.5. The maximum absolute atomic E-state index is 13.3. The number of hydrogen-bond acceptors (Lipinski definition) is 5. The Balaban J connectivity index is 1.43. The summed E-state index contributed by atoms with van der Waals surface area (Å²) < 4.78 is 5.06. The Morgan fingerprint density at radius 2 is 1.85 bits per heavy atom. The number of likely N-dealkylation sites (tertiary alicyclic amines) is 1. The van der Waals surface area contributed by atoms with Crippen molar-refractivity contribution < 1.29 is 19.1 Å². The molecule has 174 valence electrons. The van der Waals surface area contributed by atoms with Gasteiger partial charge in [-0.25, -0.2) is 0 Å². The highest BCUT2D eigenvalue weighted by Gasteiger charge is 2.32.